The molecule has 1 saturated heterocycles. The lowest BCUT2D eigenvalue weighted by atomic mass is 10.2. The quantitative estimate of drug-likeness (QED) is 0.483. The van der Waals surface area contributed by atoms with Gasteiger partial charge in [0, 0.05) is 35.9 Å². The lowest BCUT2D eigenvalue weighted by Crippen LogP contribution is -2.43. The number of fused-ring (bicyclic) bond motifs is 1. The van der Waals surface area contributed by atoms with Gasteiger partial charge in [-0.1, -0.05) is 13.8 Å². The minimum Gasteiger partial charge on any atom is -0.460 e. The Balaban J connectivity index is 1.50. The number of nitrogens with zero attached hydrogens (tertiary/aromatic N) is 2. The molecule has 4 rings (SSSR count). The van der Waals surface area contributed by atoms with Gasteiger partial charge in [-0.3, -0.25) is 4.79 Å². The zero-order chi connectivity index (χ0) is 24.5. The number of benzene rings is 1. The number of sulfonamides is 1. The van der Waals surface area contributed by atoms with E-state index in [-0.39, 0.29) is 24.0 Å². The van der Waals surface area contributed by atoms with Crippen molar-refractivity contribution in [2.24, 2.45) is 5.92 Å². The van der Waals surface area contributed by atoms with E-state index in [1.165, 1.54) is 12.1 Å². The zero-order valence-corrected chi connectivity index (χ0v) is 20.3. The fourth-order valence-electron chi connectivity index (χ4n) is 4.23. The summed E-state index contributed by atoms with van der Waals surface area (Å²) in [6, 6.07) is 9.26. The number of carbonyl (C=O) groups is 2. The average molecular weight is 488 g/mol. The van der Waals surface area contributed by atoms with Crippen LogP contribution in [0.15, 0.2) is 52.1 Å². The summed E-state index contributed by atoms with van der Waals surface area (Å²) in [6.45, 7) is 7.18. The standard InChI is InChI=1S/C24H29N3O6S/c1-4-32-24(29)21-9-10-22(33-21)34(30,31)27-12-5-6-20(27)23(28)25-18-7-8-19-17(14-18)11-13-26(19)15-16(2)3/h7-11,13-14,16,20H,4-6,12,15H2,1-3H3,(H,25,28)/t20-/m1/s1. The van der Waals surface area contributed by atoms with Crippen LogP contribution >= 0.6 is 0 Å². The Morgan fingerprint density at radius 2 is 2.00 bits per heavy atom. The summed E-state index contributed by atoms with van der Waals surface area (Å²) >= 11 is 0. The molecule has 1 atom stereocenters. The SMILES string of the molecule is CCOC(=O)c1ccc(S(=O)(=O)N2CCC[C@@H]2C(=O)Nc2ccc3c(ccn3CC(C)C)c2)o1. The van der Waals surface area contributed by atoms with Crippen molar-refractivity contribution in [2.45, 2.75) is 51.3 Å². The molecule has 1 aromatic carbocycles. The second kappa shape index (κ2) is 9.63. The van der Waals surface area contributed by atoms with Gasteiger partial charge in [0.2, 0.25) is 16.8 Å². The van der Waals surface area contributed by atoms with E-state index in [9.17, 15) is 18.0 Å². The van der Waals surface area contributed by atoms with E-state index in [1.54, 1.807) is 6.92 Å². The summed E-state index contributed by atoms with van der Waals surface area (Å²) in [7, 11) is -4.10. The molecule has 1 amide bonds. The zero-order valence-electron chi connectivity index (χ0n) is 19.5. The van der Waals surface area contributed by atoms with E-state index < -0.39 is 27.9 Å². The molecule has 0 radical (unpaired) electrons. The van der Waals surface area contributed by atoms with Crippen LogP contribution in [-0.4, -0.2) is 48.4 Å². The molecule has 3 aromatic rings. The molecule has 182 valence electrons. The van der Waals surface area contributed by atoms with Crippen molar-refractivity contribution < 1.29 is 27.2 Å². The fourth-order valence-corrected chi connectivity index (χ4v) is 5.80. The smallest absolute Gasteiger partial charge is 0.374 e. The third-order valence-electron chi connectivity index (χ3n) is 5.73. The van der Waals surface area contributed by atoms with Crippen LogP contribution in [0.4, 0.5) is 5.69 Å². The third-order valence-corrected chi connectivity index (χ3v) is 7.51. The van der Waals surface area contributed by atoms with Crippen molar-refractivity contribution in [1.29, 1.82) is 0 Å². The number of anilines is 1. The van der Waals surface area contributed by atoms with Gasteiger partial charge >= 0.3 is 5.97 Å². The van der Waals surface area contributed by atoms with Crippen molar-refractivity contribution >= 4 is 38.5 Å². The van der Waals surface area contributed by atoms with Gasteiger partial charge < -0.3 is 19.0 Å². The summed E-state index contributed by atoms with van der Waals surface area (Å²) < 4.78 is 39.7. The lowest BCUT2D eigenvalue weighted by Gasteiger charge is -2.22. The molecule has 1 aliphatic heterocycles. The topological polar surface area (TPSA) is 111 Å². The van der Waals surface area contributed by atoms with Gasteiger partial charge in [0.05, 0.1) is 6.61 Å². The highest BCUT2D eigenvalue weighted by Gasteiger charge is 2.41. The number of hydrogen-bond acceptors (Lipinski definition) is 6. The maximum Gasteiger partial charge on any atom is 0.374 e. The third kappa shape index (κ3) is 4.74. The number of carbonyl (C=O) groups excluding carboxylic acids is 2. The highest BCUT2D eigenvalue weighted by molar-refractivity contribution is 7.89. The number of furan rings is 1. The summed E-state index contributed by atoms with van der Waals surface area (Å²) in [5.74, 6) is -0.831. The predicted molar refractivity (Wildman–Crippen MR) is 127 cm³/mol. The maximum absolute atomic E-state index is 13.2. The minimum atomic E-state index is -4.10. The number of aromatic nitrogens is 1. The van der Waals surface area contributed by atoms with Gasteiger partial charge in [-0.05, 0) is 62.1 Å². The summed E-state index contributed by atoms with van der Waals surface area (Å²) in [5.41, 5.74) is 1.68. The average Bonchev–Trinajstić information content (AvgIpc) is 3.53. The van der Waals surface area contributed by atoms with Crippen LogP contribution in [0.5, 0.6) is 0 Å². The van der Waals surface area contributed by atoms with Gasteiger partial charge in [0.1, 0.15) is 6.04 Å². The number of esters is 1. The van der Waals surface area contributed by atoms with Crippen LogP contribution in [0.2, 0.25) is 0 Å². The first-order valence-corrected chi connectivity index (χ1v) is 12.8. The van der Waals surface area contributed by atoms with Crippen LogP contribution in [0, 0.1) is 5.92 Å². The van der Waals surface area contributed by atoms with Gasteiger partial charge in [-0.2, -0.15) is 4.31 Å². The molecule has 3 heterocycles. The van der Waals surface area contributed by atoms with Crippen LogP contribution in [0.1, 0.15) is 44.2 Å². The molecule has 2 aromatic heterocycles. The molecular formula is C24H29N3O6S. The van der Waals surface area contributed by atoms with E-state index in [2.05, 4.69) is 23.7 Å². The molecule has 9 nitrogen and oxygen atoms in total. The van der Waals surface area contributed by atoms with Crippen LogP contribution in [0.3, 0.4) is 0 Å². The number of rotatable bonds is 8. The molecule has 34 heavy (non-hydrogen) atoms. The highest BCUT2D eigenvalue weighted by atomic mass is 32.2. The van der Waals surface area contributed by atoms with Gasteiger partial charge in [-0.25, -0.2) is 13.2 Å². The van der Waals surface area contributed by atoms with Crippen molar-refractivity contribution in [3.05, 3.63) is 48.4 Å². The molecule has 1 N–H and O–H groups in total. The Hall–Kier alpha value is -3.11. The second-order valence-electron chi connectivity index (χ2n) is 8.74. The van der Waals surface area contributed by atoms with E-state index in [0.29, 0.717) is 24.4 Å². The Kier molecular flexibility index (Phi) is 6.81. The molecule has 0 unspecified atom stereocenters. The molecule has 1 aliphatic rings. The second-order valence-corrected chi connectivity index (χ2v) is 10.6. The Morgan fingerprint density at radius 1 is 1.21 bits per heavy atom. The number of ether oxygens (including phenoxy) is 1. The predicted octanol–water partition coefficient (Wildman–Crippen LogP) is 3.86. The number of nitrogens with one attached hydrogen (secondary N) is 1. The summed E-state index contributed by atoms with van der Waals surface area (Å²) in [4.78, 5) is 24.9. The van der Waals surface area contributed by atoms with Gasteiger partial charge in [0.15, 0.2) is 0 Å². The molecule has 0 bridgehead atoms. The lowest BCUT2D eigenvalue weighted by molar-refractivity contribution is -0.119. The van der Waals surface area contributed by atoms with Crippen LogP contribution in [0.25, 0.3) is 10.9 Å². The summed E-state index contributed by atoms with van der Waals surface area (Å²) in [6.07, 6.45) is 2.96. The fraction of sp³-hybridized carbons (Fsp3) is 0.417. The van der Waals surface area contributed by atoms with Crippen molar-refractivity contribution in [2.75, 3.05) is 18.5 Å². The molecule has 0 saturated carbocycles. The normalized spacial score (nSPS) is 16.9. The number of amides is 1. The number of hydrogen-bond donors (Lipinski definition) is 1. The molecule has 1 fully saturated rings. The Labute approximate surface area is 198 Å². The first kappa shape index (κ1) is 24.0. The minimum absolute atomic E-state index is 0.143. The molecule has 0 aliphatic carbocycles. The van der Waals surface area contributed by atoms with E-state index in [0.717, 1.165) is 21.8 Å². The Bertz CT molecular complexity index is 1310. The molecule has 10 heteroatoms. The van der Waals surface area contributed by atoms with Crippen molar-refractivity contribution in [3.63, 3.8) is 0 Å². The summed E-state index contributed by atoms with van der Waals surface area (Å²) in [5, 5.41) is 3.47. The van der Waals surface area contributed by atoms with E-state index in [1.807, 2.05) is 30.5 Å². The van der Waals surface area contributed by atoms with Crippen LogP contribution < -0.4 is 5.32 Å². The maximum atomic E-state index is 13.2. The van der Waals surface area contributed by atoms with Gasteiger partial charge in [-0.15, -0.1) is 0 Å². The first-order valence-electron chi connectivity index (χ1n) is 11.4. The van der Waals surface area contributed by atoms with Crippen LogP contribution in [-0.2, 0) is 26.1 Å². The van der Waals surface area contributed by atoms with E-state index >= 15 is 0 Å². The first-order chi connectivity index (χ1) is 16.2. The van der Waals surface area contributed by atoms with Crippen molar-refractivity contribution in [1.82, 2.24) is 8.87 Å². The largest absolute Gasteiger partial charge is 0.460 e. The van der Waals surface area contributed by atoms with E-state index in [4.69, 9.17) is 9.15 Å². The Morgan fingerprint density at radius 3 is 2.74 bits per heavy atom. The highest BCUT2D eigenvalue weighted by Crippen LogP contribution is 2.29. The van der Waals surface area contributed by atoms with Crippen molar-refractivity contribution in [3.8, 4) is 0 Å². The molecular weight excluding hydrogens is 458 g/mol. The monoisotopic (exact) mass is 487 g/mol. The van der Waals surface area contributed by atoms with Gasteiger partial charge in [0.25, 0.3) is 10.0 Å². The molecule has 0 spiro atoms.